The molecule has 0 radical (unpaired) electrons. The van der Waals surface area contributed by atoms with Crippen LogP contribution in [0.4, 0.5) is 0 Å². The Morgan fingerprint density at radius 1 is 1.33 bits per heavy atom. The third kappa shape index (κ3) is 4.32. The zero-order chi connectivity index (χ0) is 11.3. The first-order valence-electron chi connectivity index (χ1n) is 5.55. The zero-order valence-corrected chi connectivity index (χ0v) is 9.24. The van der Waals surface area contributed by atoms with Gasteiger partial charge in [-0.05, 0) is 25.2 Å². The molecule has 4 nitrogen and oxygen atoms in total. The number of hydrogen-bond donors (Lipinski definition) is 1. The van der Waals surface area contributed by atoms with Gasteiger partial charge in [0.2, 0.25) is 5.91 Å². The van der Waals surface area contributed by atoms with Crippen LogP contribution in [-0.2, 0) is 9.59 Å². The minimum absolute atomic E-state index is 0.0724. The molecule has 0 atom stereocenters. The molecule has 1 aliphatic rings. The van der Waals surface area contributed by atoms with Crippen LogP contribution in [0.5, 0.6) is 0 Å². The Labute approximate surface area is 90.3 Å². The molecule has 1 rings (SSSR count). The van der Waals surface area contributed by atoms with E-state index < -0.39 is 5.97 Å². The van der Waals surface area contributed by atoms with Crippen molar-refractivity contribution < 1.29 is 14.7 Å². The van der Waals surface area contributed by atoms with Gasteiger partial charge in [0.15, 0.2) is 0 Å². The largest absolute Gasteiger partial charge is 0.481 e. The van der Waals surface area contributed by atoms with Crippen molar-refractivity contribution in [3.63, 3.8) is 0 Å². The van der Waals surface area contributed by atoms with E-state index in [1.54, 1.807) is 11.9 Å². The summed E-state index contributed by atoms with van der Waals surface area (Å²) < 4.78 is 0. The summed E-state index contributed by atoms with van der Waals surface area (Å²) in [5.41, 5.74) is 0. The molecule has 0 aromatic heterocycles. The minimum Gasteiger partial charge on any atom is -0.481 e. The fraction of sp³-hybridized carbons (Fsp3) is 0.818. The van der Waals surface area contributed by atoms with E-state index in [1.165, 1.54) is 19.3 Å². The fourth-order valence-corrected chi connectivity index (χ4v) is 1.75. The predicted octanol–water partition coefficient (Wildman–Crippen LogP) is 1.50. The first-order chi connectivity index (χ1) is 7.09. The molecule has 86 valence electrons. The van der Waals surface area contributed by atoms with Crippen LogP contribution in [0.2, 0.25) is 0 Å². The summed E-state index contributed by atoms with van der Waals surface area (Å²) in [4.78, 5) is 23.5. The summed E-state index contributed by atoms with van der Waals surface area (Å²) in [7, 11) is 1.81. The highest BCUT2D eigenvalue weighted by atomic mass is 16.4. The Balaban J connectivity index is 2.11. The van der Waals surface area contributed by atoms with Gasteiger partial charge in [0.1, 0.15) is 0 Å². The molecule has 0 aromatic carbocycles. The van der Waals surface area contributed by atoms with Gasteiger partial charge in [-0.2, -0.15) is 0 Å². The van der Waals surface area contributed by atoms with Crippen LogP contribution in [0, 0.1) is 5.92 Å². The number of amides is 1. The minimum atomic E-state index is -0.829. The molecule has 4 heteroatoms. The van der Waals surface area contributed by atoms with Crippen molar-refractivity contribution >= 4 is 11.9 Å². The molecule has 1 fully saturated rings. The molecule has 0 aromatic rings. The highest BCUT2D eigenvalue weighted by molar-refractivity contribution is 5.76. The quantitative estimate of drug-likeness (QED) is 0.727. The van der Waals surface area contributed by atoms with Crippen molar-refractivity contribution in [3.05, 3.63) is 0 Å². The number of aliphatic carboxylic acids is 1. The maximum absolute atomic E-state index is 11.5. The third-order valence-electron chi connectivity index (χ3n) is 2.96. The average molecular weight is 213 g/mol. The van der Waals surface area contributed by atoms with Crippen molar-refractivity contribution in [1.82, 2.24) is 4.90 Å². The van der Waals surface area contributed by atoms with Crippen LogP contribution < -0.4 is 0 Å². The molecule has 0 unspecified atom stereocenters. The molecule has 1 N–H and O–H groups in total. The van der Waals surface area contributed by atoms with E-state index in [9.17, 15) is 9.59 Å². The molecule has 1 aliphatic carbocycles. The lowest BCUT2D eigenvalue weighted by Gasteiger charge is -2.30. The van der Waals surface area contributed by atoms with Crippen molar-refractivity contribution in [3.8, 4) is 0 Å². The topological polar surface area (TPSA) is 57.6 Å². The number of carbonyl (C=O) groups is 2. The van der Waals surface area contributed by atoms with Crippen molar-refractivity contribution in [2.75, 3.05) is 13.6 Å². The Morgan fingerprint density at radius 3 is 2.47 bits per heavy atom. The maximum Gasteiger partial charge on any atom is 0.303 e. The second kappa shape index (κ2) is 5.73. The van der Waals surface area contributed by atoms with Crippen LogP contribution >= 0.6 is 0 Å². The molecule has 0 spiro atoms. The fourth-order valence-electron chi connectivity index (χ4n) is 1.75. The molecule has 0 heterocycles. The standard InChI is InChI=1S/C11H19NO3/c1-12(8-9-4-2-5-9)10(13)6-3-7-11(14)15/h9H,2-8H2,1H3,(H,14,15). The van der Waals surface area contributed by atoms with Crippen molar-refractivity contribution in [1.29, 1.82) is 0 Å². The SMILES string of the molecule is CN(CC1CCC1)C(=O)CCCC(=O)O. The van der Waals surface area contributed by atoms with Gasteiger partial charge in [-0.1, -0.05) is 6.42 Å². The first kappa shape index (κ1) is 12.0. The maximum atomic E-state index is 11.5. The van der Waals surface area contributed by atoms with Crippen LogP contribution in [-0.4, -0.2) is 35.5 Å². The summed E-state index contributed by atoms with van der Waals surface area (Å²) >= 11 is 0. The van der Waals surface area contributed by atoms with Crippen LogP contribution in [0.3, 0.4) is 0 Å². The third-order valence-corrected chi connectivity index (χ3v) is 2.96. The van der Waals surface area contributed by atoms with Gasteiger partial charge in [-0.3, -0.25) is 9.59 Å². The van der Waals surface area contributed by atoms with Crippen LogP contribution in [0.1, 0.15) is 38.5 Å². The van der Waals surface area contributed by atoms with E-state index in [1.807, 2.05) is 0 Å². The van der Waals surface area contributed by atoms with Crippen molar-refractivity contribution in [2.45, 2.75) is 38.5 Å². The van der Waals surface area contributed by atoms with E-state index in [0.29, 0.717) is 18.8 Å². The van der Waals surface area contributed by atoms with Gasteiger partial charge < -0.3 is 10.0 Å². The molecular formula is C11H19NO3. The zero-order valence-electron chi connectivity index (χ0n) is 9.24. The molecule has 0 aliphatic heterocycles. The van der Waals surface area contributed by atoms with Crippen molar-refractivity contribution in [2.24, 2.45) is 5.92 Å². The molecule has 0 saturated heterocycles. The van der Waals surface area contributed by atoms with E-state index in [2.05, 4.69) is 0 Å². The summed E-state index contributed by atoms with van der Waals surface area (Å²) in [6.45, 7) is 0.839. The van der Waals surface area contributed by atoms with Crippen LogP contribution in [0.15, 0.2) is 0 Å². The summed E-state index contributed by atoms with van der Waals surface area (Å²) in [5.74, 6) is -0.0778. The molecule has 15 heavy (non-hydrogen) atoms. The normalized spacial score (nSPS) is 15.8. The lowest BCUT2D eigenvalue weighted by atomic mass is 9.85. The Morgan fingerprint density at radius 2 is 2.00 bits per heavy atom. The second-order valence-corrected chi connectivity index (χ2v) is 4.32. The lowest BCUT2D eigenvalue weighted by molar-refractivity contribution is -0.137. The smallest absolute Gasteiger partial charge is 0.303 e. The first-order valence-corrected chi connectivity index (χ1v) is 5.55. The Hall–Kier alpha value is -1.06. The summed E-state index contributed by atoms with van der Waals surface area (Å²) in [6, 6.07) is 0. The van der Waals surface area contributed by atoms with Gasteiger partial charge in [0.25, 0.3) is 0 Å². The second-order valence-electron chi connectivity index (χ2n) is 4.32. The van der Waals surface area contributed by atoms with Gasteiger partial charge >= 0.3 is 5.97 Å². The lowest BCUT2D eigenvalue weighted by Crippen LogP contribution is -2.34. The number of carboxylic acids is 1. The predicted molar refractivity (Wildman–Crippen MR) is 56.5 cm³/mol. The molecular weight excluding hydrogens is 194 g/mol. The van der Waals surface area contributed by atoms with Gasteiger partial charge in [0, 0.05) is 26.4 Å². The molecule has 0 bridgehead atoms. The number of rotatable bonds is 6. The average Bonchev–Trinajstić information content (AvgIpc) is 2.10. The van der Waals surface area contributed by atoms with E-state index in [4.69, 9.17) is 5.11 Å². The number of carboxylic acid groups (broad SMARTS) is 1. The van der Waals surface area contributed by atoms with Gasteiger partial charge in [0.05, 0.1) is 0 Å². The Kier molecular flexibility index (Phi) is 4.59. The van der Waals surface area contributed by atoms with Crippen LogP contribution in [0.25, 0.3) is 0 Å². The summed E-state index contributed by atoms with van der Waals surface area (Å²) in [6.07, 6.45) is 4.63. The Bertz CT molecular complexity index is 236. The van der Waals surface area contributed by atoms with Gasteiger partial charge in [-0.15, -0.1) is 0 Å². The summed E-state index contributed by atoms with van der Waals surface area (Å²) in [5, 5.41) is 8.43. The van der Waals surface area contributed by atoms with E-state index in [0.717, 1.165) is 6.54 Å². The van der Waals surface area contributed by atoms with E-state index >= 15 is 0 Å². The van der Waals surface area contributed by atoms with Gasteiger partial charge in [-0.25, -0.2) is 0 Å². The molecule has 1 amide bonds. The highest BCUT2D eigenvalue weighted by Gasteiger charge is 2.21. The number of carbonyl (C=O) groups excluding carboxylic acids is 1. The number of hydrogen-bond acceptors (Lipinski definition) is 2. The number of nitrogens with zero attached hydrogens (tertiary/aromatic N) is 1. The molecule has 1 saturated carbocycles. The monoisotopic (exact) mass is 213 g/mol. The highest BCUT2D eigenvalue weighted by Crippen LogP contribution is 2.26. The van der Waals surface area contributed by atoms with E-state index in [-0.39, 0.29) is 12.3 Å².